The molecule has 0 saturated carbocycles. The van der Waals surface area contributed by atoms with E-state index in [0.29, 0.717) is 37.8 Å². The van der Waals surface area contributed by atoms with E-state index in [4.69, 9.17) is 16.3 Å². The summed E-state index contributed by atoms with van der Waals surface area (Å²) < 4.78 is 5.50. The van der Waals surface area contributed by atoms with Crippen LogP contribution in [0.15, 0.2) is 18.2 Å². The van der Waals surface area contributed by atoms with Crippen molar-refractivity contribution in [3.63, 3.8) is 0 Å². The van der Waals surface area contributed by atoms with Crippen LogP contribution >= 0.6 is 11.6 Å². The fourth-order valence-corrected chi connectivity index (χ4v) is 4.49. The average molecular weight is 421 g/mol. The van der Waals surface area contributed by atoms with Crippen LogP contribution in [0.2, 0.25) is 5.02 Å². The van der Waals surface area contributed by atoms with Crippen LogP contribution in [0.3, 0.4) is 0 Å². The predicted molar refractivity (Wildman–Crippen MR) is 114 cm³/mol. The summed E-state index contributed by atoms with van der Waals surface area (Å²) in [6, 6.07) is 5.54. The van der Waals surface area contributed by atoms with Gasteiger partial charge in [-0.2, -0.15) is 0 Å². The van der Waals surface area contributed by atoms with E-state index in [0.717, 1.165) is 50.1 Å². The van der Waals surface area contributed by atoms with Crippen LogP contribution in [0, 0.1) is 0 Å². The van der Waals surface area contributed by atoms with Gasteiger partial charge in [-0.1, -0.05) is 11.6 Å². The van der Waals surface area contributed by atoms with E-state index in [-0.39, 0.29) is 18.0 Å². The van der Waals surface area contributed by atoms with Crippen LogP contribution < -0.4 is 10.2 Å². The van der Waals surface area contributed by atoms with Crippen LogP contribution in [0.25, 0.3) is 0 Å². The van der Waals surface area contributed by atoms with Crippen molar-refractivity contribution in [1.29, 1.82) is 0 Å². The largest absolute Gasteiger partial charge is 0.370 e. The molecule has 4 rings (SSSR count). The van der Waals surface area contributed by atoms with E-state index in [1.165, 1.54) is 6.42 Å². The lowest BCUT2D eigenvalue weighted by Crippen LogP contribution is -2.53. The van der Waals surface area contributed by atoms with Gasteiger partial charge in [-0.3, -0.25) is 4.79 Å². The molecule has 3 aliphatic heterocycles. The van der Waals surface area contributed by atoms with Gasteiger partial charge in [0.05, 0.1) is 11.4 Å². The number of urea groups is 1. The van der Waals surface area contributed by atoms with Crippen molar-refractivity contribution in [3.05, 3.63) is 23.2 Å². The van der Waals surface area contributed by atoms with Crippen LogP contribution in [-0.4, -0.2) is 73.7 Å². The Kier molecular flexibility index (Phi) is 6.45. The monoisotopic (exact) mass is 420 g/mol. The number of halogens is 1. The standard InChI is InChI=1S/C21H29ClN4O3/c22-16-6-7-18(24-8-2-1-3-9-24)17(15-16)23-21(28)26-12-10-25(11-13-26)20(27)19-5-4-14-29-19/h6-7,15,19H,1-5,8-14H2,(H,23,28). The van der Waals surface area contributed by atoms with E-state index in [9.17, 15) is 9.59 Å². The quantitative estimate of drug-likeness (QED) is 0.815. The summed E-state index contributed by atoms with van der Waals surface area (Å²) in [4.78, 5) is 31.3. The number of nitrogens with zero attached hydrogens (tertiary/aromatic N) is 3. The second-order valence-electron chi connectivity index (χ2n) is 7.95. The summed E-state index contributed by atoms with van der Waals surface area (Å²) in [5.74, 6) is 0.0600. The van der Waals surface area contributed by atoms with E-state index in [1.54, 1.807) is 4.90 Å². The number of benzene rings is 1. The van der Waals surface area contributed by atoms with Crippen molar-refractivity contribution in [1.82, 2.24) is 9.80 Å². The maximum atomic E-state index is 12.9. The third-order valence-electron chi connectivity index (χ3n) is 5.98. The summed E-state index contributed by atoms with van der Waals surface area (Å²) >= 11 is 6.20. The number of piperidine rings is 1. The minimum Gasteiger partial charge on any atom is -0.370 e. The smallest absolute Gasteiger partial charge is 0.322 e. The first-order valence-electron chi connectivity index (χ1n) is 10.6. The molecular formula is C21H29ClN4O3. The van der Waals surface area contributed by atoms with E-state index < -0.39 is 0 Å². The Bertz CT molecular complexity index is 739. The molecule has 0 aliphatic carbocycles. The Morgan fingerprint density at radius 2 is 1.69 bits per heavy atom. The maximum Gasteiger partial charge on any atom is 0.322 e. The molecular weight excluding hydrogens is 392 g/mol. The number of nitrogens with one attached hydrogen (secondary N) is 1. The number of hydrogen-bond donors (Lipinski definition) is 1. The minimum atomic E-state index is -0.297. The fraction of sp³-hybridized carbons (Fsp3) is 0.619. The molecule has 0 spiro atoms. The molecule has 3 aliphatic rings. The van der Waals surface area contributed by atoms with Gasteiger partial charge in [-0.25, -0.2) is 4.79 Å². The van der Waals surface area contributed by atoms with Crippen molar-refractivity contribution in [2.45, 2.75) is 38.2 Å². The number of rotatable bonds is 3. The van der Waals surface area contributed by atoms with Gasteiger partial charge in [0.15, 0.2) is 0 Å². The van der Waals surface area contributed by atoms with Gasteiger partial charge in [-0.15, -0.1) is 0 Å². The van der Waals surface area contributed by atoms with Crippen molar-refractivity contribution in [2.24, 2.45) is 0 Å². The number of carbonyl (C=O) groups is 2. The fourth-order valence-electron chi connectivity index (χ4n) is 4.32. The predicted octanol–water partition coefficient (Wildman–Crippen LogP) is 3.19. The number of piperazine rings is 1. The number of ether oxygens (including phenoxy) is 1. The van der Waals surface area contributed by atoms with Gasteiger partial charge < -0.3 is 24.8 Å². The van der Waals surface area contributed by atoms with E-state index in [1.807, 2.05) is 23.1 Å². The van der Waals surface area contributed by atoms with Gasteiger partial charge in [0, 0.05) is 50.9 Å². The van der Waals surface area contributed by atoms with Crippen LogP contribution in [-0.2, 0) is 9.53 Å². The molecule has 1 N–H and O–H groups in total. The van der Waals surface area contributed by atoms with Gasteiger partial charge in [-0.05, 0) is 50.3 Å². The Hall–Kier alpha value is -1.99. The van der Waals surface area contributed by atoms with E-state index in [2.05, 4.69) is 10.2 Å². The van der Waals surface area contributed by atoms with Gasteiger partial charge in [0.25, 0.3) is 5.91 Å². The highest BCUT2D eigenvalue weighted by molar-refractivity contribution is 6.31. The van der Waals surface area contributed by atoms with E-state index >= 15 is 0 Å². The third-order valence-corrected chi connectivity index (χ3v) is 6.22. The Labute approximate surface area is 176 Å². The summed E-state index contributed by atoms with van der Waals surface area (Å²) in [5, 5.41) is 3.65. The Morgan fingerprint density at radius 3 is 2.38 bits per heavy atom. The number of amides is 3. The van der Waals surface area contributed by atoms with Gasteiger partial charge in [0.2, 0.25) is 0 Å². The second-order valence-corrected chi connectivity index (χ2v) is 8.39. The first-order valence-corrected chi connectivity index (χ1v) is 11.0. The van der Waals surface area contributed by atoms with Crippen LogP contribution in [0.4, 0.5) is 16.2 Å². The molecule has 29 heavy (non-hydrogen) atoms. The van der Waals surface area contributed by atoms with Crippen LogP contribution in [0.5, 0.6) is 0 Å². The first-order chi connectivity index (χ1) is 14.1. The van der Waals surface area contributed by atoms with Crippen molar-refractivity contribution >= 4 is 34.9 Å². The highest BCUT2D eigenvalue weighted by Gasteiger charge is 2.31. The average Bonchev–Trinajstić information content (AvgIpc) is 3.29. The zero-order valence-corrected chi connectivity index (χ0v) is 17.5. The lowest BCUT2D eigenvalue weighted by atomic mass is 10.1. The molecule has 1 atom stereocenters. The summed E-state index contributed by atoms with van der Waals surface area (Å²) in [5.41, 5.74) is 1.77. The van der Waals surface area contributed by atoms with Gasteiger partial charge in [0.1, 0.15) is 6.10 Å². The molecule has 1 aromatic carbocycles. The molecule has 3 heterocycles. The lowest BCUT2D eigenvalue weighted by Gasteiger charge is -2.36. The topological polar surface area (TPSA) is 65.1 Å². The molecule has 1 unspecified atom stereocenters. The molecule has 158 valence electrons. The molecule has 0 radical (unpaired) electrons. The van der Waals surface area contributed by atoms with Crippen LogP contribution in [0.1, 0.15) is 32.1 Å². The number of hydrogen-bond acceptors (Lipinski definition) is 4. The van der Waals surface area contributed by atoms with Crippen molar-refractivity contribution in [3.8, 4) is 0 Å². The SMILES string of the molecule is O=C(Nc1cc(Cl)ccc1N1CCCCC1)N1CCN(C(=O)C2CCCO2)CC1. The summed E-state index contributed by atoms with van der Waals surface area (Å²) in [6.45, 7) is 4.77. The second kappa shape index (κ2) is 9.22. The zero-order chi connectivity index (χ0) is 20.2. The molecule has 0 bridgehead atoms. The highest BCUT2D eigenvalue weighted by atomic mass is 35.5. The molecule has 7 nitrogen and oxygen atoms in total. The minimum absolute atomic E-state index is 0.0600. The Morgan fingerprint density at radius 1 is 0.966 bits per heavy atom. The third kappa shape index (κ3) is 4.78. The molecule has 3 saturated heterocycles. The first kappa shape index (κ1) is 20.3. The Balaban J connectivity index is 1.36. The van der Waals surface area contributed by atoms with Crippen molar-refractivity contribution in [2.75, 3.05) is 56.1 Å². The lowest BCUT2D eigenvalue weighted by molar-refractivity contribution is -0.142. The molecule has 0 aromatic heterocycles. The summed E-state index contributed by atoms with van der Waals surface area (Å²) in [6.07, 6.45) is 5.02. The number of carbonyl (C=O) groups excluding carboxylic acids is 2. The molecule has 3 fully saturated rings. The molecule has 8 heteroatoms. The molecule has 3 amide bonds. The van der Waals surface area contributed by atoms with Crippen molar-refractivity contribution < 1.29 is 14.3 Å². The summed E-state index contributed by atoms with van der Waals surface area (Å²) in [7, 11) is 0. The highest BCUT2D eigenvalue weighted by Crippen LogP contribution is 2.31. The zero-order valence-electron chi connectivity index (χ0n) is 16.7. The number of anilines is 2. The normalized spacial score (nSPS) is 22.7. The maximum absolute atomic E-state index is 12.9. The molecule has 1 aromatic rings. The van der Waals surface area contributed by atoms with Gasteiger partial charge >= 0.3 is 6.03 Å².